The highest BCUT2D eigenvalue weighted by Gasteiger charge is 2.16. The smallest absolute Gasteiger partial charge is 0.141 e. The molecule has 0 aliphatic carbocycles. The minimum absolute atomic E-state index is 0.447. The summed E-state index contributed by atoms with van der Waals surface area (Å²) in [5.74, 6) is 1.07. The lowest BCUT2D eigenvalue weighted by atomic mass is 10.2. The fraction of sp³-hybridized carbons (Fsp3) is 0.538. The van der Waals surface area contributed by atoms with Crippen LogP contribution in [0.2, 0.25) is 0 Å². The van der Waals surface area contributed by atoms with Crippen molar-refractivity contribution in [1.29, 1.82) is 0 Å². The van der Waals surface area contributed by atoms with E-state index in [1.165, 1.54) is 10.3 Å². The predicted molar refractivity (Wildman–Crippen MR) is 83.0 cm³/mol. The van der Waals surface area contributed by atoms with E-state index >= 15 is 0 Å². The quantitative estimate of drug-likeness (QED) is 0.777. The third-order valence-electron chi connectivity index (χ3n) is 2.86. The number of hydrogen-bond donors (Lipinski definition) is 0. The van der Waals surface area contributed by atoms with Crippen LogP contribution in [0.4, 0.5) is 5.82 Å². The molecule has 5 heteroatoms. The van der Waals surface area contributed by atoms with Gasteiger partial charge in [0.2, 0.25) is 0 Å². The number of nitrogens with zero attached hydrogens (tertiary/aromatic N) is 3. The molecular weight excluding hydrogens is 310 g/mol. The predicted octanol–water partition coefficient (Wildman–Crippen LogP) is 4.00. The summed E-state index contributed by atoms with van der Waals surface area (Å²) in [6, 6.07) is 2.64. The lowest BCUT2D eigenvalue weighted by Crippen LogP contribution is -2.32. The van der Waals surface area contributed by atoms with Gasteiger partial charge >= 0.3 is 0 Å². The van der Waals surface area contributed by atoms with Crippen LogP contribution in [0.15, 0.2) is 12.4 Å². The first kappa shape index (κ1) is 13.7. The molecule has 0 saturated carbocycles. The van der Waals surface area contributed by atoms with E-state index < -0.39 is 0 Å². The van der Waals surface area contributed by atoms with E-state index in [1.54, 1.807) is 17.7 Å². The van der Waals surface area contributed by atoms with E-state index in [0.717, 1.165) is 28.9 Å². The molecule has 0 aromatic carbocycles. The zero-order valence-electron chi connectivity index (χ0n) is 11.0. The third-order valence-corrected chi connectivity index (χ3v) is 4.38. The summed E-state index contributed by atoms with van der Waals surface area (Å²) in [4.78, 5) is 13.6. The molecule has 0 bridgehead atoms. The van der Waals surface area contributed by atoms with Gasteiger partial charge in [0.1, 0.15) is 17.0 Å². The van der Waals surface area contributed by atoms with Gasteiger partial charge in [0, 0.05) is 22.8 Å². The molecule has 0 amide bonds. The van der Waals surface area contributed by atoms with Crippen molar-refractivity contribution in [2.75, 3.05) is 16.8 Å². The maximum atomic E-state index is 4.50. The lowest BCUT2D eigenvalue weighted by molar-refractivity contribution is 0.667. The zero-order chi connectivity index (χ0) is 13.1. The van der Waals surface area contributed by atoms with Gasteiger partial charge in [0.15, 0.2) is 0 Å². The first-order valence-electron chi connectivity index (χ1n) is 6.17. The highest BCUT2D eigenvalue weighted by molar-refractivity contribution is 9.09. The van der Waals surface area contributed by atoms with Gasteiger partial charge in [-0.2, -0.15) is 0 Å². The zero-order valence-corrected chi connectivity index (χ0v) is 13.4. The molecule has 0 spiro atoms. The number of alkyl halides is 1. The molecule has 0 N–H and O–H groups in total. The summed E-state index contributed by atoms with van der Waals surface area (Å²) < 4.78 is 0. The topological polar surface area (TPSA) is 29.0 Å². The number of hydrogen-bond acceptors (Lipinski definition) is 4. The minimum atomic E-state index is 0.447. The summed E-state index contributed by atoms with van der Waals surface area (Å²) >= 11 is 5.23. The second-order valence-electron chi connectivity index (χ2n) is 4.60. The molecular formula is C13H18BrN3S. The van der Waals surface area contributed by atoms with Crippen molar-refractivity contribution in [3.8, 4) is 0 Å². The summed E-state index contributed by atoms with van der Waals surface area (Å²) in [5.41, 5.74) is 0. The van der Waals surface area contributed by atoms with Crippen molar-refractivity contribution < 1.29 is 0 Å². The fourth-order valence-corrected chi connectivity index (χ4v) is 3.12. The molecule has 2 rings (SSSR count). The Morgan fingerprint density at radius 2 is 2.17 bits per heavy atom. The molecule has 18 heavy (non-hydrogen) atoms. The molecule has 3 nitrogen and oxygen atoms in total. The summed E-state index contributed by atoms with van der Waals surface area (Å²) in [6.45, 7) is 7.56. The number of fused-ring (bicyclic) bond motifs is 1. The molecule has 2 aromatic heterocycles. The van der Waals surface area contributed by atoms with Gasteiger partial charge in [-0.25, -0.2) is 9.97 Å². The average Bonchev–Trinajstić information content (AvgIpc) is 2.70. The van der Waals surface area contributed by atoms with Crippen LogP contribution in [0.1, 0.15) is 25.1 Å². The van der Waals surface area contributed by atoms with Gasteiger partial charge in [-0.05, 0) is 33.3 Å². The standard InChI is InChI=1S/C13H18BrN3S/c1-9(2)17(6-4-5-14)12-11-7-10(3)18-13(11)16-8-15-12/h7-9H,4-6H2,1-3H3. The van der Waals surface area contributed by atoms with Gasteiger partial charge in [0.05, 0.1) is 5.39 Å². The number of aryl methyl sites for hydroxylation is 1. The summed E-state index contributed by atoms with van der Waals surface area (Å²) in [7, 11) is 0. The van der Waals surface area contributed by atoms with E-state index in [9.17, 15) is 0 Å². The molecule has 2 heterocycles. The highest BCUT2D eigenvalue weighted by Crippen LogP contribution is 2.30. The van der Waals surface area contributed by atoms with Crippen molar-refractivity contribution in [2.45, 2.75) is 33.2 Å². The second kappa shape index (κ2) is 5.97. The molecule has 0 saturated heterocycles. The number of thiophene rings is 1. The Bertz CT molecular complexity index is 524. The largest absolute Gasteiger partial charge is 0.354 e. The first-order chi connectivity index (χ1) is 8.63. The van der Waals surface area contributed by atoms with Crippen molar-refractivity contribution in [1.82, 2.24) is 9.97 Å². The van der Waals surface area contributed by atoms with Crippen LogP contribution in [0.5, 0.6) is 0 Å². The van der Waals surface area contributed by atoms with Crippen LogP contribution in [0.3, 0.4) is 0 Å². The molecule has 0 radical (unpaired) electrons. The molecule has 0 aliphatic heterocycles. The van der Waals surface area contributed by atoms with Crippen molar-refractivity contribution >= 4 is 43.3 Å². The van der Waals surface area contributed by atoms with Gasteiger partial charge in [-0.15, -0.1) is 11.3 Å². The second-order valence-corrected chi connectivity index (χ2v) is 6.63. The van der Waals surface area contributed by atoms with E-state index in [-0.39, 0.29) is 0 Å². The Hall–Kier alpha value is -0.680. The molecule has 0 fully saturated rings. The number of halogens is 1. The van der Waals surface area contributed by atoms with Gasteiger partial charge in [-0.3, -0.25) is 0 Å². The Kier molecular flexibility index (Phi) is 4.56. The monoisotopic (exact) mass is 327 g/mol. The third kappa shape index (κ3) is 2.83. The first-order valence-corrected chi connectivity index (χ1v) is 8.11. The molecule has 0 aliphatic rings. The average molecular weight is 328 g/mol. The normalized spacial score (nSPS) is 11.4. The maximum Gasteiger partial charge on any atom is 0.141 e. The number of anilines is 1. The highest BCUT2D eigenvalue weighted by atomic mass is 79.9. The van der Waals surface area contributed by atoms with Gasteiger partial charge in [0.25, 0.3) is 0 Å². The van der Waals surface area contributed by atoms with Crippen LogP contribution < -0.4 is 4.90 Å². The van der Waals surface area contributed by atoms with Crippen LogP contribution in [0.25, 0.3) is 10.2 Å². The van der Waals surface area contributed by atoms with Crippen LogP contribution >= 0.6 is 27.3 Å². The van der Waals surface area contributed by atoms with Crippen molar-refractivity contribution in [2.24, 2.45) is 0 Å². The van der Waals surface area contributed by atoms with Crippen LogP contribution in [-0.4, -0.2) is 27.9 Å². The lowest BCUT2D eigenvalue weighted by Gasteiger charge is -2.28. The van der Waals surface area contributed by atoms with E-state index in [0.29, 0.717) is 6.04 Å². The molecule has 2 aromatic rings. The van der Waals surface area contributed by atoms with E-state index in [1.807, 2.05) is 0 Å². The summed E-state index contributed by atoms with van der Waals surface area (Å²) in [6.07, 6.45) is 2.80. The molecule has 0 unspecified atom stereocenters. The Morgan fingerprint density at radius 1 is 1.39 bits per heavy atom. The Balaban J connectivity index is 2.42. The summed E-state index contributed by atoms with van der Waals surface area (Å²) in [5, 5.41) is 2.20. The van der Waals surface area contributed by atoms with Crippen LogP contribution in [0, 0.1) is 6.92 Å². The van der Waals surface area contributed by atoms with Gasteiger partial charge < -0.3 is 4.90 Å². The number of aromatic nitrogens is 2. The van der Waals surface area contributed by atoms with E-state index in [2.05, 4.69) is 57.6 Å². The maximum absolute atomic E-state index is 4.50. The van der Waals surface area contributed by atoms with Crippen molar-refractivity contribution in [3.63, 3.8) is 0 Å². The Morgan fingerprint density at radius 3 is 2.83 bits per heavy atom. The Labute approximate surface area is 120 Å². The van der Waals surface area contributed by atoms with E-state index in [4.69, 9.17) is 0 Å². The fourth-order valence-electron chi connectivity index (χ4n) is 2.03. The van der Waals surface area contributed by atoms with Gasteiger partial charge in [-0.1, -0.05) is 15.9 Å². The molecule has 0 atom stereocenters. The van der Waals surface area contributed by atoms with Crippen molar-refractivity contribution in [3.05, 3.63) is 17.3 Å². The molecule has 98 valence electrons. The van der Waals surface area contributed by atoms with Crippen LogP contribution in [-0.2, 0) is 0 Å². The minimum Gasteiger partial charge on any atom is -0.354 e. The number of rotatable bonds is 5. The SMILES string of the molecule is Cc1cc2c(N(CCCBr)C(C)C)ncnc2s1.